The molecule has 0 aliphatic carbocycles. The third-order valence-electron chi connectivity index (χ3n) is 4.90. The van der Waals surface area contributed by atoms with Crippen LogP contribution in [-0.4, -0.2) is 32.9 Å². The second-order valence-corrected chi connectivity index (χ2v) is 7.22. The third kappa shape index (κ3) is 4.22. The van der Waals surface area contributed by atoms with Crippen LogP contribution < -0.4 is 10.6 Å². The number of carbonyl (C=O) groups is 3. The minimum atomic E-state index is -0.495. The number of nitrogens with one attached hydrogen (secondary N) is 3. The van der Waals surface area contributed by atoms with Crippen LogP contribution in [0.5, 0.6) is 0 Å². The molecule has 152 valence electrons. The van der Waals surface area contributed by atoms with Crippen molar-refractivity contribution >= 4 is 23.7 Å². The molecule has 30 heavy (non-hydrogen) atoms. The number of aromatic amines is 1. The van der Waals surface area contributed by atoms with Crippen LogP contribution in [0, 0.1) is 6.92 Å². The first-order chi connectivity index (χ1) is 14.5. The van der Waals surface area contributed by atoms with Crippen LogP contribution in [0.2, 0.25) is 0 Å². The first kappa shape index (κ1) is 19.4. The van der Waals surface area contributed by atoms with E-state index in [1.54, 1.807) is 30.3 Å². The Morgan fingerprint density at radius 3 is 2.63 bits per heavy atom. The normalized spacial score (nSPS) is 12.4. The van der Waals surface area contributed by atoms with E-state index in [1.165, 1.54) is 4.90 Å². The Labute approximate surface area is 173 Å². The Morgan fingerprint density at radius 1 is 1.07 bits per heavy atom. The van der Waals surface area contributed by atoms with Gasteiger partial charge < -0.3 is 10.2 Å². The zero-order valence-corrected chi connectivity index (χ0v) is 16.4. The van der Waals surface area contributed by atoms with Gasteiger partial charge in [0.2, 0.25) is 5.91 Å². The SMILES string of the molecule is Cc1cccc(CC(=O)Nc2n[nH]c3c2CN(C(=O)NC(=O)c2ccccc2)C3)c1. The van der Waals surface area contributed by atoms with Gasteiger partial charge in [0.25, 0.3) is 5.91 Å². The largest absolute Gasteiger partial charge is 0.324 e. The van der Waals surface area contributed by atoms with E-state index in [2.05, 4.69) is 20.8 Å². The molecule has 2 aromatic carbocycles. The first-order valence-corrected chi connectivity index (χ1v) is 9.56. The molecule has 3 N–H and O–H groups in total. The van der Waals surface area contributed by atoms with Gasteiger partial charge in [-0.25, -0.2) is 4.79 Å². The standard InChI is InChI=1S/C22H21N5O3/c1-14-6-5-7-15(10-14)11-19(28)23-20-17-12-27(13-18(17)25-26-20)22(30)24-21(29)16-8-3-2-4-9-16/h2-10H,11-13H2,1H3,(H,24,29,30)(H2,23,25,26,28). The van der Waals surface area contributed by atoms with E-state index in [4.69, 9.17) is 0 Å². The van der Waals surface area contributed by atoms with Crippen LogP contribution in [-0.2, 0) is 24.3 Å². The van der Waals surface area contributed by atoms with Crippen LogP contribution in [0.1, 0.15) is 32.7 Å². The van der Waals surface area contributed by atoms with Crippen molar-refractivity contribution in [2.24, 2.45) is 0 Å². The van der Waals surface area contributed by atoms with Crippen molar-refractivity contribution in [1.82, 2.24) is 20.4 Å². The van der Waals surface area contributed by atoms with Gasteiger partial charge in [-0.15, -0.1) is 0 Å². The highest BCUT2D eigenvalue weighted by atomic mass is 16.2. The number of urea groups is 1. The molecule has 4 rings (SSSR count). The summed E-state index contributed by atoms with van der Waals surface area (Å²) in [5.74, 6) is -0.231. The molecular weight excluding hydrogens is 382 g/mol. The molecule has 1 aliphatic rings. The summed E-state index contributed by atoms with van der Waals surface area (Å²) in [4.78, 5) is 38.6. The number of carbonyl (C=O) groups excluding carboxylic acids is 3. The lowest BCUT2D eigenvalue weighted by Crippen LogP contribution is -2.40. The molecule has 0 saturated carbocycles. The molecule has 8 nitrogen and oxygen atoms in total. The zero-order valence-electron chi connectivity index (χ0n) is 16.4. The molecule has 0 spiro atoms. The molecule has 0 bridgehead atoms. The number of aryl methyl sites for hydroxylation is 1. The monoisotopic (exact) mass is 403 g/mol. The van der Waals surface area contributed by atoms with Crippen molar-refractivity contribution in [2.75, 3.05) is 5.32 Å². The summed E-state index contributed by atoms with van der Waals surface area (Å²) in [6, 6.07) is 15.8. The number of anilines is 1. The van der Waals surface area contributed by atoms with E-state index in [0.29, 0.717) is 11.4 Å². The Balaban J connectivity index is 1.37. The average Bonchev–Trinajstić information content (AvgIpc) is 3.31. The summed E-state index contributed by atoms with van der Waals surface area (Å²) in [6.07, 6.45) is 0.235. The Morgan fingerprint density at radius 2 is 1.87 bits per heavy atom. The lowest BCUT2D eigenvalue weighted by molar-refractivity contribution is -0.115. The van der Waals surface area contributed by atoms with E-state index in [9.17, 15) is 14.4 Å². The molecule has 0 unspecified atom stereocenters. The predicted octanol–water partition coefficient (Wildman–Crippen LogP) is 2.76. The third-order valence-corrected chi connectivity index (χ3v) is 4.90. The summed E-state index contributed by atoms with van der Waals surface area (Å²) >= 11 is 0. The lowest BCUT2D eigenvalue weighted by Gasteiger charge is -2.16. The smallest absolute Gasteiger partial charge is 0.314 e. The van der Waals surface area contributed by atoms with Gasteiger partial charge in [-0.3, -0.25) is 20.0 Å². The summed E-state index contributed by atoms with van der Waals surface area (Å²) in [5.41, 5.74) is 3.90. The number of hydrogen-bond acceptors (Lipinski definition) is 4. The van der Waals surface area contributed by atoms with E-state index < -0.39 is 11.9 Å². The molecule has 4 amide bonds. The molecule has 2 heterocycles. The lowest BCUT2D eigenvalue weighted by atomic mass is 10.1. The number of rotatable bonds is 4. The van der Waals surface area contributed by atoms with E-state index >= 15 is 0 Å². The average molecular weight is 403 g/mol. The van der Waals surface area contributed by atoms with Crippen LogP contribution in [0.25, 0.3) is 0 Å². The summed E-state index contributed by atoms with van der Waals surface area (Å²) in [6.45, 7) is 2.51. The van der Waals surface area contributed by atoms with Crippen molar-refractivity contribution in [3.63, 3.8) is 0 Å². The van der Waals surface area contributed by atoms with Gasteiger partial charge in [0, 0.05) is 11.1 Å². The highest BCUT2D eigenvalue weighted by Gasteiger charge is 2.29. The first-order valence-electron chi connectivity index (χ1n) is 9.56. The van der Waals surface area contributed by atoms with E-state index in [-0.39, 0.29) is 25.4 Å². The van der Waals surface area contributed by atoms with Crippen LogP contribution in [0.15, 0.2) is 54.6 Å². The molecule has 1 aromatic heterocycles. The number of H-pyrrole nitrogens is 1. The second kappa shape index (κ2) is 8.20. The highest BCUT2D eigenvalue weighted by molar-refractivity contribution is 6.04. The molecular formula is C22H21N5O3. The van der Waals surface area contributed by atoms with Gasteiger partial charge in [0.1, 0.15) is 0 Å². The maximum Gasteiger partial charge on any atom is 0.324 e. The zero-order chi connectivity index (χ0) is 21.1. The van der Waals surface area contributed by atoms with Crippen molar-refractivity contribution in [3.05, 3.63) is 82.5 Å². The van der Waals surface area contributed by atoms with Gasteiger partial charge in [0.05, 0.1) is 25.2 Å². The molecule has 0 atom stereocenters. The second-order valence-electron chi connectivity index (χ2n) is 7.22. The van der Waals surface area contributed by atoms with Gasteiger partial charge in [-0.1, -0.05) is 48.0 Å². The number of fused-ring (bicyclic) bond motifs is 1. The molecule has 3 aromatic rings. The van der Waals surface area contributed by atoms with Gasteiger partial charge in [0.15, 0.2) is 5.82 Å². The van der Waals surface area contributed by atoms with Crippen molar-refractivity contribution < 1.29 is 14.4 Å². The molecule has 1 aliphatic heterocycles. The van der Waals surface area contributed by atoms with Crippen LogP contribution in [0.4, 0.5) is 10.6 Å². The Kier molecular flexibility index (Phi) is 5.30. The Bertz CT molecular complexity index is 1110. The van der Waals surface area contributed by atoms with Crippen molar-refractivity contribution in [1.29, 1.82) is 0 Å². The molecule has 8 heteroatoms. The number of nitrogens with zero attached hydrogens (tertiary/aromatic N) is 2. The number of hydrogen-bond donors (Lipinski definition) is 3. The van der Waals surface area contributed by atoms with Gasteiger partial charge in [-0.2, -0.15) is 5.10 Å². The fourth-order valence-corrected chi connectivity index (χ4v) is 3.41. The van der Waals surface area contributed by atoms with Gasteiger partial charge in [-0.05, 0) is 24.6 Å². The fraction of sp³-hybridized carbons (Fsp3) is 0.182. The topological polar surface area (TPSA) is 107 Å². The number of imide groups is 1. The Hall–Kier alpha value is -3.94. The predicted molar refractivity (Wildman–Crippen MR) is 111 cm³/mol. The van der Waals surface area contributed by atoms with E-state index in [1.807, 2.05) is 31.2 Å². The molecule has 0 radical (unpaired) electrons. The van der Waals surface area contributed by atoms with Crippen molar-refractivity contribution in [2.45, 2.75) is 26.4 Å². The molecule has 0 saturated heterocycles. The minimum Gasteiger partial charge on any atom is -0.314 e. The van der Waals surface area contributed by atoms with Crippen LogP contribution in [0.3, 0.4) is 0 Å². The molecule has 0 fully saturated rings. The summed E-state index contributed by atoms with van der Waals surface area (Å²) < 4.78 is 0. The number of benzene rings is 2. The van der Waals surface area contributed by atoms with Crippen LogP contribution >= 0.6 is 0 Å². The minimum absolute atomic E-state index is 0.183. The maximum absolute atomic E-state index is 12.5. The number of amides is 4. The van der Waals surface area contributed by atoms with Crippen molar-refractivity contribution in [3.8, 4) is 0 Å². The fourth-order valence-electron chi connectivity index (χ4n) is 3.41. The highest BCUT2D eigenvalue weighted by Crippen LogP contribution is 2.27. The maximum atomic E-state index is 12.5. The number of aromatic nitrogens is 2. The summed E-state index contributed by atoms with van der Waals surface area (Å²) in [7, 11) is 0. The quantitative estimate of drug-likeness (QED) is 0.623. The summed E-state index contributed by atoms with van der Waals surface area (Å²) in [5, 5.41) is 12.2. The van der Waals surface area contributed by atoms with Gasteiger partial charge >= 0.3 is 6.03 Å². The van der Waals surface area contributed by atoms with E-state index in [0.717, 1.165) is 22.4 Å².